The lowest BCUT2D eigenvalue weighted by Gasteiger charge is -2.19. The molecule has 0 saturated carbocycles. The summed E-state index contributed by atoms with van der Waals surface area (Å²) in [5.74, 6) is 0.271. The average molecular weight is 447 g/mol. The van der Waals surface area contributed by atoms with Crippen molar-refractivity contribution in [3.05, 3.63) is 108 Å². The van der Waals surface area contributed by atoms with Crippen molar-refractivity contribution in [1.29, 1.82) is 0 Å². The van der Waals surface area contributed by atoms with Crippen LogP contribution in [0.2, 0.25) is 0 Å². The topological polar surface area (TPSA) is 9.49 Å². The highest BCUT2D eigenvalue weighted by Crippen LogP contribution is 2.44. The largest absolute Gasteiger partial charge is 0.378 e. The monoisotopic (exact) mass is 446 g/mol. The predicted molar refractivity (Wildman–Crippen MR) is 147 cm³/mol. The van der Waals surface area contributed by atoms with E-state index in [1.54, 1.807) is 0 Å². The fourth-order valence-corrected chi connectivity index (χ4v) is 4.83. The average Bonchev–Trinajstić information content (AvgIpc) is 3.18. The van der Waals surface area contributed by atoms with Crippen LogP contribution in [0.25, 0.3) is 11.1 Å². The van der Waals surface area contributed by atoms with Crippen molar-refractivity contribution in [1.82, 2.24) is 4.58 Å². The van der Waals surface area contributed by atoms with Crippen LogP contribution in [-0.2, 0) is 0 Å². The molecule has 1 aliphatic rings. The molecule has 4 aromatic carbocycles. The second kappa shape index (κ2) is 9.18. The molecule has 0 bridgehead atoms. The summed E-state index contributed by atoms with van der Waals surface area (Å²) >= 11 is 0. The smallest absolute Gasteiger partial charge is 0.218 e. The van der Waals surface area contributed by atoms with Gasteiger partial charge in [0.15, 0.2) is 6.21 Å². The van der Waals surface area contributed by atoms with Crippen LogP contribution in [0.15, 0.2) is 97.1 Å². The van der Waals surface area contributed by atoms with Crippen molar-refractivity contribution in [3.63, 3.8) is 0 Å². The zero-order valence-electron chi connectivity index (χ0n) is 20.4. The summed E-state index contributed by atoms with van der Waals surface area (Å²) in [6.07, 6.45) is 3.28. The Morgan fingerprint density at radius 3 is 1.41 bits per heavy atom. The van der Waals surface area contributed by atoms with Crippen molar-refractivity contribution < 1.29 is 0 Å². The Morgan fingerprint density at radius 1 is 0.588 bits per heavy atom. The van der Waals surface area contributed by atoms with E-state index in [1.165, 1.54) is 45.0 Å². The molecule has 34 heavy (non-hydrogen) atoms. The summed E-state index contributed by atoms with van der Waals surface area (Å²) in [5, 5.41) is 0. The standard InChI is InChI=1S/C31H32N3/c1-32(2)25-17-13-23(14-18-25)27(24-15-19-26(20-16-24)33(3)4)21-22-34-30-11-7-5-9-28(30)29-10-6-8-12-31(29)34/h5-20,22,27H,21H2,1-4H3/q+1. The number of rotatable bonds is 6. The van der Waals surface area contributed by atoms with Crippen LogP contribution >= 0.6 is 0 Å². The predicted octanol–water partition coefficient (Wildman–Crippen LogP) is 6.93. The Morgan fingerprint density at radius 2 is 1.00 bits per heavy atom. The first kappa shape index (κ1) is 22.0. The second-order valence-electron chi connectivity index (χ2n) is 9.35. The third-order valence-corrected chi connectivity index (χ3v) is 6.76. The number of nitrogens with zero attached hydrogens (tertiary/aromatic N) is 3. The van der Waals surface area contributed by atoms with Crippen LogP contribution in [0.3, 0.4) is 0 Å². The van der Waals surface area contributed by atoms with Crippen LogP contribution in [0, 0.1) is 0 Å². The molecule has 0 fully saturated rings. The van der Waals surface area contributed by atoms with Crippen molar-refractivity contribution in [2.45, 2.75) is 12.3 Å². The minimum absolute atomic E-state index is 0.271. The van der Waals surface area contributed by atoms with E-state index in [0.29, 0.717) is 0 Å². The lowest BCUT2D eigenvalue weighted by atomic mass is 9.88. The molecule has 0 radical (unpaired) electrons. The molecule has 3 nitrogen and oxygen atoms in total. The maximum Gasteiger partial charge on any atom is 0.218 e. The van der Waals surface area contributed by atoms with Gasteiger partial charge in [-0.2, -0.15) is 4.58 Å². The molecular formula is C31H32N3+. The lowest BCUT2D eigenvalue weighted by molar-refractivity contribution is 0.854. The first-order valence-electron chi connectivity index (χ1n) is 11.9. The Balaban J connectivity index is 1.55. The zero-order chi connectivity index (χ0) is 23.7. The normalized spacial score (nSPS) is 11.9. The Kier molecular flexibility index (Phi) is 5.93. The van der Waals surface area contributed by atoms with E-state index in [9.17, 15) is 0 Å². The lowest BCUT2D eigenvalue weighted by Crippen LogP contribution is -2.11. The third kappa shape index (κ3) is 4.10. The summed E-state index contributed by atoms with van der Waals surface area (Å²) in [4.78, 5) is 4.30. The minimum atomic E-state index is 0.271. The van der Waals surface area contributed by atoms with E-state index in [1.807, 2.05) is 0 Å². The summed E-state index contributed by atoms with van der Waals surface area (Å²) in [6.45, 7) is 0. The van der Waals surface area contributed by atoms with Crippen molar-refractivity contribution >= 4 is 29.0 Å². The first-order chi connectivity index (χ1) is 16.5. The maximum absolute atomic E-state index is 2.38. The number of anilines is 2. The Hall–Kier alpha value is -3.85. The molecule has 1 aliphatic heterocycles. The Labute approximate surface area is 203 Å². The number of hydrogen-bond acceptors (Lipinski definition) is 2. The fraction of sp³-hybridized carbons (Fsp3) is 0.194. The van der Waals surface area contributed by atoms with Crippen LogP contribution < -0.4 is 14.4 Å². The van der Waals surface area contributed by atoms with Gasteiger partial charge >= 0.3 is 0 Å². The van der Waals surface area contributed by atoms with Gasteiger partial charge in [-0.05, 0) is 47.5 Å². The zero-order valence-corrected chi connectivity index (χ0v) is 20.4. The number of benzene rings is 4. The summed E-state index contributed by atoms with van der Waals surface area (Å²) in [5.41, 5.74) is 10.2. The van der Waals surface area contributed by atoms with Crippen LogP contribution in [0.1, 0.15) is 23.5 Å². The molecule has 3 heteroatoms. The van der Waals surface area contributed by atoms with Gasteiger partial charge < -0.3 is 9.80 Å². The number of para-hydroxylation sites is 2. The molecule has 0 spiro atoms. The molecular weight excluding hydrogens is 414 g/mol. The summed E-state index contributed by atoms with van der Waals surface area (Å²) in [7, 11) is 8.34. The second-order valence-corrected chi connectivity index (χ2v) is 9.35. The van der Waals surface area contributed by atoms with Gasteiger partial charge in [-0.15, -0.1) is 0 Å². The highest BCUT2D eigenvalue weighted by Gasteiger charge is 2.30. The molecule has 0 amide bonds. The quantitative estimate of drug-likeness (QED) is 0.262. The van der Waals surface area contributed by atoms with E-state index in [0.717, 1.165) is 6.42 Å². The molecule has 5 rings (SSSR count). The molecule has 170 valence electrons. The summed E-state index contributed by atoms with van der Waals surface area (Å²) in [6, 6.07) is 35.4. The molecule has 0 N–H and O–H groups in total. The van der Waals surface area contributed by atoms with Crippen molar-refractivity contribution in [3.8, 4) is 11.1 Å². The number of fused-ring (bicyclic) bond motifs is 3. The van der Waals surface area contributed by atoms with Gasteiger partial charge in [-0.1, -0.05) is 48.5 Å². The van der Waals surface area contributed by atoms with Crippen LogP contribution in [-0.4, -0.2) is 34.4 Å². The number of hydrogen-bond donors (Lipinski definition) is 0. The van der Waals surface area contributed by atoms with Gasteiger partial charge in [-0.25, -0.2) is 0 Å². The van der Waals surface area contributed by atoms with Gasteiger partial charge in [0.1, 0.15) is 0 Å². The fourth-order valence-electron chi connectivity index (χ4n) is 4.83. The maximum atomic E-state index is 2.38. The van der Waals surface area contributed by atoms with E-state index in [-0.39, 0.29) is 5.92 Å². The van der Waals surface area contributed by atoms with Gasteiger partial charge in [0.2, 0.25) is 11.4 Å². The molecule has 0 aliphatic carbocycles. The Bertz CT molecular complexity index is 1220. The van der Waals surface area contributed by atoms with Crippen LogP contribution in [0.4, 0.5) is 22.7 Å². The van der Waals surface area contributed by atoms with Crippen LogP contribution in [0.5, 0.6) is 0 Å². The molecule has 0 unspecified atom stereocenters. The van der Waals surface area contributed by atoms with Gasteiger partial charge in [0.05, 0.1) is 11.1 Å². The molecule has 1 heterocycles. The third-order valence-electron chi connectivity index (χ3n) is 6.76. The minimum Gasteiger partial charge on any atom is -0.378 e. The highest BCUT2D eigenvalue weighted by molar-refractivity contribution is 5.95. The van der Waals surface area contributed by atoms with E-state index >= 15 is 0 Å². The van der Waals surface area contributed by atoms with Crippen molar-refractivity contribution in [2.75, 3.05) is 38.0 Å². The van der Waals surface area contributed by atoms with E-state index in [4.69, 9.17) is 0 Å². The van der Waals surface area contributed by atoms with Gasteiger partial charge in [0, 0.05) is 64.0 Å². The molecule has 0 saturated heterocycles. The molecule has 0 aromatic heterocycles. The SMILES string of the molecule is CN(C)c1ccc(C(CC=[N+]2c3ccccc3-c3ccccc32)c2ccc(N(C)C)cc2)cc1. The highest BCUT2D eigenvalue weighted by atomic mass is 15.1. The summed E-state index contributed by atoms with van der Waals surface area (Å²) < 4.78 is 2.38. The van der Waals surface area contributed by atoms with E-state index in [2.05, 4.69) is 146 Å². The van der Waals surface area contributed by atoms with Crippen molar-refractivity contribution in [2.24, 2.45) is 0 Å². The van der Waals surface area contributed by atoms with E-state index < -0.39 is 0 Å². The first-order valence-corrected chi connectivity index (χ1v) is 11.9. The van der Waals surface area contributed by atoms with Gasteiger partial charge in [0.25, 0.3) is 0 Å². The molecule has 4 aromatic rings. The molecule has 0 atom stereocenters. The van der Waals surface area contributed by atoms with Gasteiger partial charge in [-0.3, -0.25) is 0 Å².